The zero-order valence-corrected chi connectivity index (χ0v) is 6.79. The predicted octanol–water partition coefficient (Wildman–Crippen LogP) is -3.23. The maximum atomic E-state index is 10.6. The predicted molar refractivity (Wildman–Crippen MR) is 39.7 cm³/mol. The van der Waals surface area contributed by atoms with Gasteiger partial charge in [-0.2, -0.15) is 0 Å². The third-order valence-electron chi connectivity index (χ3n) is 2.18. The summed E-state index contributed by atoms with van der Waals surface area (Å²) in [7, 11) is 0. The van der Waals surface area contributed by atoms with Crippen molar-refractivity contribution in [3.8, 4) is 0 Å². The van der Waals surface area contributed by atoms with Gasteiger partial charge < -0.3 is 25.5 Å². The van der Waals surface area contributed by atoms with Gasteiger partial charge in [0.05, 0.1) is 6.61 Å². The summed E-state index contributed by atoms with van der Waals surface area (Å²) in [6.45, 7) is -0.748. The van der Waals surface area contributed by atoms with Crippen molar-refractivity contribution in [2.24, 2.45) is 0 Å². The van der Waals surface area contributed by atoms with Crippen molar-refractivity contribution >= 4 is 5.78 Å². The largest absolute Gasteiger partial charge is 0.394 e. The molecule has 13 heavy (non-hydrogen) atoms. The van der Waals surface area contributed by atoms with E-state index in [1.165, 1.54) is 0 Å². The number of rotatable bonds is 4. The average molecular weight is 192 g/mol. The molecule has 1 aliphatic carbocycles. The molecule has 0 aliphatic heterocycles. The molecule has 0 unspecified atom stereocenters. The average Bonchev–Trinajstić information content (AvgIpc) is 2.72. The Bertz CT molecular complexity index is 217. The molecule has 0 aromatic heterocycles. The van der Waals surface area contributed by atoms with Gasteiger partial charge in [-0.15, -0.1) is 0 Å². The van der Waals surface area contributed by atoms with E-state index in [0.29, 0.717) is 0 Å². The third kappa shape index (κ3) is 1.72. The quantitative estimate of drug-likeness (QED) is 0.319. The van der Waals surface area contributed by atoms with E-state index in [4.69, 9.17) is 15.3 Å². The number of hydrogen-bond donors (Lipinski definition) is 5. The molecule has 0 spiro atoms. The van der Waals surface area contributed by atoms with Crippen molar-refractivity contribution in [3.63, 3.8) is 0 Å². The van der Waals surface area contributed by atoms with Gasteiger partial charge in [0.1, 0.15) is 18.3 Å². The molecule has 1 fully saturated rings. The summed E-state index contributed by atoms with van der Waals surface area (Å²) in [5.74, 6) is -0.579. The first kappa shape index (κ1) is 10.6. The molecule has 6 nitrogen and oxygen atoms in total. The number of aliphatic hydroxyl groups excluding tert-OH is 4. The van der Waals surface area contributed by atoms with Crippen LogP contribution in [0.4, 0.5) is 0 Å². The van der Waals surface area contributed by atoms with Gasteiger partial charge in [0.25, 0.3) is 0 Å². The lowest BCUT2D eigenvalue weighted by molar-refractivity contribution is -0.139. The van der Waals surface area contributed by atoms with Crippen LogP contribution in [0.3, 0.4) is 0 Å². The SMILES string of the molecule is O=C1C[C@]1(O)[C@H](O)[C@@H](O)[C@@H](O)CO. The summed E-state index contributed by atoms with van der Waals surface area (Å²) < 4.78 is 0. The van der Waals surface area contributed by atoms with Crippen molar-refractivity contribution in [1.29, 1.82) is 0 Å². The summed E-state index contributed by atoms with van der Waals surface area (Å²) in [6, 6.07) is 0. The molecule has 0 bridgehead atoms. The summed E-state index contributed by atoms with van der Waals surface area (Å²) in [5.41, 5.74) is -1.93. The molecule has 0 radical (unpaired) electrons. The molecule has 1 rings (SSSR count). The molecule has 0 aromatic rings. The fourth-order valence-corrected chi connectivity index (χ4v) is 1.07. The standard InChI is InChI=1S/C7H12O6/c8-2-3(9)5(11)6(12)7(13)1-4(7)10/h3,5-6,8-9,11-13H,1-2H2/t3-,5-,6+,7+/m0/s1. The zero-order valence-electron chi connectivity index (χ0n) is 6.79. The van der Waals surface area contributed by atoms with Gasteiger partial charge in [-0.25, -0.2) is 0 Å². The molecule has 0 saturated heterocycles. The molecular weight excluding hydrogens is 180 g/mol. The number of carbonyl (C=O) groups excluding carboxylic acids is 1. The Hall–Kier alpha value is -0.530. The van der Waals surface area contributed by atoms with Crippen LogP contribution in [0.1, 0.15) is 6.42 Å². The monoisotopic (exact) mass is 192 g/mol. The Morgan fingerprint density at radius 2 is 1.85 bits per heavy atom. The van der Waals surface area contributed by atoms with Crippen molar-refractivity contribution in [2.75, 3.05) is 6.61 Å². The van der Waals surface area contributed by atoms with Gasteiger partial charge in [0, 0.05) is 6.42 Å². The number of Topliss-reactive ketones (excluding diaryl/α,β-unsaturated/α-hetero) is 1. The molecule has 1 saturated carbocycles. The zero-order chi connectivity index (χ0) is 10.2. The smallest absolute Gasteiger partial charge is 0.171 e. The lowest BCUT2D eigenvalue weighted by atomic mass is 10.0. The first-order chi connectivity index (χ1) is 5.93. The fourth-order valence-electron chi connectivity index (χ4n) is 1.07. The highest BCUT2D eigenvalue weighted by Crippen LogP contribution is 2.35. The maximum Gasteiger partial charge on any atom is 0.171 e. The van der Waals surface area contributed by atoms with E-state index < -0.39 is 36.3 Å². The van der Waals surface area contributed by atoms with Crippen molar-refractivity contribution < 1.29 is 30.3 Å². The van der Waals surface area contributed by atoms with Crippen LogP contribution in [-0.2, 0) is 4.79 Å². The van der Waals surface area contributed by atoms with Crippen LogP contribution in [0.25, 0.3) is 0 Å². The summed E-state index contributed by atoms with van der Waals surface area (Å²) >= 11 is 0. The van der Waals surface area contributed by atoms with E-state index in [1.54, 1.807) is 0 Å². The second kappa shape index (κ2) is 3.32. The van der Waals surface area contributed by atoms with Crippen LogP contribution in [-0.4, -0.2) is 61.8 Å². The second-order valence-electron chi connectivity index (χ2n) is 3.21. The van der Waals surface area contributed by atoms with Gasteiger partial charge in [0.2, 0.25) is 0 Å². The van der Waals surface area contributed by atoms with E-state index in [0.717, 1.165) is 0 Å². The van der Waals surface area contributed by atoms with Gasteiger partial charge in [-0.1, -0.05) is 0 Å². The Morgan fingerprint density at radius 1 is 1.38 bits per heavy atom. The molecule has 0 heterocycles. The van der Waals surface area contributed by atoms with Crippen LogP contribution in [0.15, 0.2) is 0 Å². The number of ketones is 1. The molecule has 6 heteroatoms. The Balaban J connectivity index is 2.57. The topological polar surface area (TPSA) is 118 Å². The van der Waals surface area contributed by atoms with Crippen LogP contribution in [0, 0.1) is 0 Å². The van der Waals surface area contributed by atoms with Gasteiger partial charge >= 0.3 is 0 Å². The fraction of sp³-hybridized carbons (Fsp3) is 0.857. The van der Waals surface area contributed by atoms with E-state index in [-0.39, 0.29) is 6.42 Å². The van der Waals surface area contributed by atoms with Crippen LogP contribution < -0.4 is 0 Å². The van der Waals surface area contributed by atoms with Crippen LogP contribution in [0.5, 0.6) is 0 Å². The number of aliphatic hydroxyl groups is 5. The maximum absolute atomic E-state index is 10.6. The van der Waals surface area contributed by atoms with Crippen LogP contribution in [0.2, 0.25) is 0 Å². The molecule has 0 aromatic carbocycles. The van der Waals surface area contributed by atoms with Crippen molar-refractivity contribution in [2.45, 2.75) is 30.3 Å². The first-order valence-electron chi connectivity index (χ1n) is 3.84. The van der Waals surface area contributed by atoms with Gasteiger partial charge in [-0.05, 0) is 0 Å². The lowest BCUT2D eigenvalue weighted by Gasteiger charge is -2.24. The summed E-state index contributed by atoms with van der Waals surface area (Å²) in [5, 5.41) is 44.8. The van der Waals surface area contributed by atoms with E-state index in [1.807, 2.05) is 0 Å². The normalized spacial score (nSPS) is 34.1. The second-order valence-corrected chi connectivity index (χ2v) is 3.21. The Morgan fingerprint density at radius 3 is 2.15 bits per heavy atom. The third-order valence-corrected chi connectivity index (χ3v) is 2.18. The Kier molecular flexibility index (Phi) is 2.69. The first-order valence-corrected chi connectivity index (χ1v) is 3.84. The highest BCUT2D eigenvalue weighted by Gasteiger charge is 2.60. The van der Waals surface area contributed by atoms with Crippen molar-refractivity contribution in [3.05, 3.63) is 0 Å². The van der Waals surface area contributed by atoms with Gasteiger partial charge in [0.15, 0.2) is 11.4 Å². The van der Waals surface area contributed by atoms with E-state index >= 15 is 0 Å². The Labute approximate surface area is 74.1 Å². The number of hydrogen-bond acceptors (Lipinski definition) is 6. The molecular formula is C7H12O6. The summed E-state index contributed by atoms with van der Waals surface area (Å²) in [6.07, 6.45) is -5.26. The molecule has 1 aliphatic rings. The van der Waals surface area contributed by atoms with Gasteiger partial charge in [-0.3, -0.25) is 4.79 Å². The number of carbonyl (C=O) groups is 1. The molecule has 76 valence electrons. The minimum atomic E-state index is -1.93. The minimum Gasteiger partial charge on any atom is -0.394 e. The van der Waals surface area contributed by atoms with E-state index in [2.05, 4.69) is 0 Å². The van der Waals surface area contributed by atoms with E-state index in [9.17, 15) is 15.0 Å². The summed E-state index contributed by atoms with van der Waals surface area (Å²) in [4.78, 5) is 10.6. The molecule has 0 amide bonds. The highest BCUT2D eigenvalue weighted by molar-refractivity contribution is 6.04. The molecule has 4 atom stereocenters. The highest BCUT2D eigenvalue weighted by atomic mass is 16.4. The minimum absolute atomic E-state index is 0.233. The van der Waals surface area contributed by atoms with Crippen LogP contribution >= 0.6 is 0 Å². The molecule has 5 N–H and O–H groups in total. The van der Waals surface area contributed by atoms with Crippen molar-refractivity contribution in [1.82, 2.24) is 0 Å². The lowest BCUT2D eigenvalue weighted by Crippen LogP contribution is -2.48.